The van der Waals surface area contributed by atoms with E-state index in [1.807, 2.05) is 37.3 Å². The van der Waals surface area contributed by atoms with Gasteiger partial charge in [0.1, 0.15) is 18.0 Å². The van der Waals surface area contributed by atoms with Gasteiger partial charge in [0.15, 0.2) is 6.04 Å². The summed E-state index contributed by atoms with van der Waals surface area (Å²) in [4.78, 5) is 38.1. The van der Waals surface area contributed by atoms with E-state index in [0.717, 1.165) is 17.1 Å². The Morgan fingerprint density at radius 3 is 2.58 bits per heavy atom. The van der Waals surface area contributed by atoms with Gasteiger partial charge in [0.25, 0.3) is 0 Å². The zero-order valence-electron chi connectivity index (χ0n) is 18.1. The third-order valence-electron chi connectivity index (χ3n) is 4.95. The van der Waals surface area contributed by atoms with Crippen LogP contribution in [0.4, 0.5) is 4.39 Å². The van der Waals surface area contributed by atoms with Gasteiger partial charge in [-0.05, 0) is 25.0 Å². The van der Waals surface area contributed by atoms with Gasteiger partial charge in [-0.1, -0.05) is 31.5 Å². The van der Waals surface area contributed by atoms with Crippen molar-refractivity contribution in [3.05, 3.63) is 30.3 Å². The lowest BCUT2D eigenvalue weighted by Crippen LogP contribution is -2.49. The molecule has 0 saturated carbocycles. The van der Waals surface area contributed by atoms with E-state index in [0.29, 0.717) is 19.4 Å². The molecule has 1 aliphatic rings. The summed E-state index contributed by atoms with van der Waals surface area (Å²) in [6.07, 6.45) is -0.444. The number of methoxy groups -OCH3 is 1. The largest absolute Gasteiger partial charge is 0.494 e. The molecule has 0 aliphatic carbocycles. The van der Waals surface area contributed by atoms with Crippen LogP contribution in [-0.4, -0.2) is 74.4 Å². The molecule has 0 radical (unpaired) electrons. The van der Waals surface area contributed by atoms with Crippen molar-refractivity contribution < 1.29 is 33.0 Å². The van der Waals surface area contributed by atoms with Crippen molar-refractivity contribution in [2.24, 2.45) is 0 Å². The van der Waals surface area contributed by atoms with E-state index in [2.05, 4.69) is 5.32 Å². The van der Waals surface area contributed by atoms with Crippen LogP contribution in [0.5, 0.6) is 5.75 Å². The first-order valence-corrected chi connectivity index (χ1v) is 10.6. The molecule has 1 N–H and O–H groups in total. The lowest BCUT2D eigenvalue weighted by atomic mass is 10.1. The number of carbonyl (C=O) groups is 3. The Hall–Kier alpha value is -2.68. The number of benzene rings is 1. The van der Waals surface area contributed by atoms with E-state index < -0.39 is 30.2 Å². The van der Waals surface area contributed by atoms with Crippen molar-refractivity contribution in [1.82, 2.24) is 10.2 Å². The average Bonchev–Trinajstić information content (AvgIpc) is 3.12. The molecule has 172 valence electrons. The molecule has 9 heteroatoms. The first kappa shape index (κ1) is 24.6. The Labute approximate surface area is 182 Å². The molecule has 0 spiro atoms. The number of ether oxygens (including phenoxy) is 3. The maximum atomic E-state index is 14.3. The molecule has 2 rings (SSSR count). The van der Waals surface area contributed by atoms with E-state index >= 15 is 0 Å². The van der Waals surface area contributed by atoms with Gasteiger partial charge < -0.3 is 24.4 Å². The Bertz CT molecular complexity index is 717. The summed E-state index contributed by atoms with van der Waals surface area (Å²) in [5, 5.41) is 2.52. The molecule has 1 heterocycles. The SMILES string of the molecule is CCCCOC(=O)[C@@H]1[C@H](OC)[C@@H](F)CN1C(=O)CNC(=O)CCCOc1ccccc1. The second-order valence-electron chi connectivity index (χ2n) is 7.27. The van der Waals surface area contributed by atoms with Gasteiger partial charge in [-0.3, -0.25) is 9.59 Å². The molecule has 2 amide bonds. The highest BCUT2D eigenvalue weighted by molar-refractivity contribution is 5.89. The van der Waals surface area contributed by atoms with Gasteiger partial charge >= 0.3 is 5.97 Å². The monoisotopic (exact) mass is 438 g/mol. The summed E-state index contributed by atoms with van der Waals surface area (Å²) in [6, 6.07) is 8.07. The maximum Gasteiger partial charge on any atom is 0.331 e. The average molecular weight is 438 g/mol. The van der Waals surface area contributed by atoms with Gasteiger partial charge in [0.2, 0.25) is 11.8 Å². The minimum Gasteiger partial charge on any atom is -0.494 e. The van der Waals surface area contributed by atoms with E-state index in [-0.39, 0.29) is 32.0 Å². The molecule has 0 unspecified atom stereocenters. The molecule has 1 saturated heterocycles. The minimum atomic E-state index is -1.51. The predicted octanol–water partition coefficient (Wildman–Crippen LogP) is 1.87. The van der Waals surface area contributed by atoms with E-state index in [4.69, 9.17) is 14.2 Å². The van der Waals surface area contributed by atoms with Gasteiger partial charge in [-0.2, -0.15) is 0 Å². The molecular weight excluding hydrogens is 407 g/mol. The number of amides is 2. The number of esters is 1. The summed E-state index contributed by atoms with van der Waals surface area (Å²) in [5.74, 6) is -0.865. The van der Waals surface area contributed by atoms with Crippen LogP contribution >= 0.6 is 0 Å². The van der Waals surface area contributed by atoms with Crippen molar-refractivity contribution in [3.8, 4) is 5.75 Å². The molecule has 1 fully saturated rings. The van der Waals surface area contributed by atoms with Crippen LogP contribution in [0.25, 0.3) is 0 Å². The van der Waals surface area contributed by atoms with Crippen LogP contribution in [0.1, 0.15) is 32.6 Å². The van der Waals surface area contributed by atoms with Crippen LogP contribution in [0.2, 0.25) is 0 Å². The summed E-state index contributed by atoms with van der Waals surface area (Å²) in [7, 11) is 1.29. The number of para-hydroxylation sites is 1. The standard InChI is InChI=1S/C22H31FN2O6/c1-3-4-12-31-22(28)20-21(29-2)17(23)15-25(20)19(27)14-24-18(26)11-8-13-30-16-9-6-5-7-10-16/h5-7,9-10,17,20-21H,3-4,8,11-15H2,1-2H3,(H,24,26)/t17-,20-,21+/m0/s1. The molecule has 1 aromatic rings. The van der Waals surface area contributed by atoms with Crippen molar-refractivity contribution in [3.63, 3.8) is 0 Å². The van der Waals surface area contributed by atoms with Crippen LogP contribution in [0.15, 0.2) is 30.3 Å². The van der Waals surface area contributed by atoms with Gasteiger partial charge in [0.05, 0.1) is 26.3 Å². The normalized spacial score (nSPS) is 20.4. The first-order valence-electron chi connectivity index (χ1n) is 10.6. The van der Waals surface area contributed by atoms with Crippen LogP contribution in [0.3, 0.4) is 0 Å². The molecule has 8 nitrogen and oxygen atoms in total. The molecule has 3 atom stereocenters. The highest BCUT2D eigenvalue weighted by atomic mass is 19.1. The summed E-state index contributed by atoms with van der Waals surface area (Å²) in [6.45, 7) is 1.89. The second-order valence-corrected chi connectivity index (χ2v) is 7.27. The summed E-state index contributed by atoms with van der Waals surface area (Å²) < 4.78 is 30.1. The quantitative estimate of drug-likeness (QED) is 0.396. The Morgan fingerprint density at radius 1 is 1.16 bits per heavy atom. The number of likely N-dealkylation sites (tertiary alicyclic amines) is 1. The predicted molar refractivity (Wildman–Crippen MR) is 111 cm³/mol. The fourth-order valence-corrected chi connectivity index (χ4v) is 3.28. The number of rotatable bonds is 12. The molecule has 1 aromatic carbocycles. The van der Waals surface area contributed by atoms with E-state index in [1.54, 1.807) is 0 Å². The van der Waals surface area contributed by atoms with E-state index in [1.165, 1.54) is 7.11 Å². The van der Waals surface area contributed by atoms with Crippen LogP contribution in [-0.2, 0) is 23.9 Å². The smallest absolute Gasteiger partial charge is 0.331 e. The fraction of sp³-hybridized carbons (Fsp3) is 0.591. The third-order valence-corrected chi connectivity index (χ3v) is 4.95. The lowest BCUT2D eigenvalue weighted by Gasteiger charge is -2.25. The summed E-state index contributed by atoms with van der Waals surface area (Å²) >= 11 is 0. The highest BCUT2D eigenvalue weighted by Crippen LogP contribution is 2.25. The Morgan fingerprint density at radius 2 is 1.90 bits per heavy atom. The van der Waals surface area contributed by atoms with Crippen molar-refractivity contribution in [2.45, 2.75) is 50.9 Å². The number of unbranched alkanes of at least 4 members (excludes halogenated alkanes) is 1. The van der Waals surface area contributed by atoms with Crippen LogP contribution in [0, 0.1) is 0 Å². The molecular formula is C22H31FN2O6. The summed E-state index contributed by atoms with van der Waals surface area (Å²) in [5.41, 5.74) is 0. The van der Waals surface area contributed by atoms with E-state index in [9.17, 15) is 18.8 Å². The van der Waals surface area contributed by atoms with Crippen molar-refractivity contribution in [2.75, 3.05) is 33.4 Å². The molecule has 31 heavy (non-hydrogen) atoms. The number of alkyl halides is 1. The topological polar surface area (TPSA) is 94.2 Å². The maximum absolute atomic E-state index is 14.3. The first-order chi connectivity index (χ1) is 15.0. The third kappa shape index (κ3) is 7.50. The molecule has 1 aliphatic heterocycles. The zero-order valence-corrected chi connectivity index (χ0v) is 18.1. The second kappa shape index (κ2) is 12.9. The van der Waals surface area contributed by atoms with Crippen molar-refractivity contribution >= 4 is 17.8 Å². The molecule has 0 bridgehead atoms. The van der Waals surface area contributed by atoms with Crippen LogP contribution < -0.4 is 10.1 Å². The number of carbonyl (C=O) groups excluding carboxylic acids is 3. The molecule has 0 aromatic heterocycles. The number of hydrogen-bond acceptors (Lipinski definition) is 6. The van der Waals surface area contributed by atoms with Gasteiger partial charge in [-0.15, -0.1) is 0 Å². The Kier molecular flexibility index (Phi) is 10.2. The Balaban J connectivity index is 1.78. The minimum absolute atomic E-state index is 0.176. The van der Waals surface area contributed by atoms with Gasteiger partial charge in [0, 0.05) is 13.5 Å². The number of hydrogen-bond donors (Lipinski definition) is 1. The van der Waals surface area contributed by atoms with Gasteiger partial charge in [-0.25, -0.2) is 9.18 Å². The number of halogens is 1. The number of nitrogens with one attached hydrogen (secondary N) is 1. The fourth-order valence-electron chi connectivity index (χ4n) is 3.28. The lowest BCUT2D eigenvalue weighted by molar-refractivity contribution is -0.157. The highest BCUT2D eigenvalue weighted by Gasteiger charge is 2.49. The number of nitrogens with zero attached hydrogens (tertiary/aromatic N) is 1. The van der Waals surface area contributed by atoms with Crippen molar-refractivity contribution in [1.29, 1.82) is 0 Å². The zero-order chi connectivity index (χ0) is 22.6.